The molecule has 0 aliphatic rings. The van der Waals surface area contributed by atoms with Gasteiger partial charge in [0.2, 0.25) is 0 Å². The first-order valence-corrected chi connectivity index (χ1v) is 7.23. The van der Waals surface area contributed by atoms with Crippen LogP contribution in [0.1, 0.15) is 11.4 Å². The minimum atomic E-state index is -0.459. The molecule has 0 unspecified atom stereocenters. The number of anilines is 1. The van der Waals surface area contributed by atoms with Crippen LogP contribution in [0.4, 0.5) is 11.5 Å². The number of pyridine rings is 1. The Kier molecular flexibility index (Phi) is 4.94. The van der Waals surface area contributed by atoms with Crippen LogP contribution in [0.15, 0.2) is 24.7 Å². The lowest BCUT2D eigenvalue weighted by Gasteiger charge is -2.04. The fourth-order valence-corrected chi connectivity index (χ4v) is 2.43. The normalized spacial score (nSPS) is 10.4. The molecule has 8 heteroatoms. The molecule has 20 heavy (non-hydrogen) atoms. The lowest BCUT2D eigenvalue weighted by molar-refractivity contribution is -0.385. The van der Waals surface area contributed by atoms with Crippen molar-refractivity contribution in [1.29, 1.82) is 0 Å². The maximum atomic E-state index is 10.5. The molecule has 0 aromatic carbocycles. The third-order valence-corrected chi connectivity index (χ3v) is 3.65. The average Bonchev–Trinajstić information content (AvgIpc) is 2.84. The molecule has 0 bridgehead atoms. The quantitative estimate of drug-likeness (QED) is 0.462. The molecule has 0 aliphatic carbocycles. The largest absolute Gasteiger partial charge is 0.369 e. The first-order chi connectivity index (χ1) is 9.66. The fourth-order valence-electron chi connectivity index (χ4n) is 1.55. The SMILES string of the molecule is Cc1[nH]cnc1CSCCNc1ccc([N+](=O)[O-])cn1. The molecule has 106 valence electrons. The van der Waals surface area contributed by atoms with Crippen LogP contribution in [0, 0.1) is 17.0 Å². The molecule has 0 atom stereocenters. The van der Waals surface area contributed by atoms with Crippen molar-refractivity contribution < 1.29 is 4.92 Å². The summed E-state index contributed by atoms with van der Waals surface area (Å²) in [4.78, 5) is 21.3. The molecular formula is C12H15N5O2S. The third-order valence-electron chi connectivity index (χ3n) is 2.68. The van der Waals surface area contributed by atoms with E-state index >= 15 is 0 Å². The molecule has 0 aliphatic heterocycles. The van der Waals surface area contributed by atoms with Gasteiger partial charge in [0.1, 0.15) is 12.0 Å². The molecule has 2 N–H and O–H groups in total. The van der Waals surface area contributed by atoms with Crippen LogP contribution in [-0.4, -0.2) is 32.2 Å². The summed E-state index contributed by atoms with van der Waals surface area (Å²) < 4.78 is 0. The summed E-state index contributed by atoms with van der Waals surface area (Å²) in [5.41, 5.74) is 2.17. The van der Waals surface area contributed by atoms with Gasteiger partial charge in [0.25, 0.3) is 5.69 Å². The van der Waals surface area contributed by atoms with Crippen LogP contribution in [0.25, 0.3) is 0 Å². The number of nitro groups is 1. The second-order valence-electron chi connectivity index (χ2n) is 4.11. The fraction of sp³-hybridized carbons (Fsp3) is 0.333. The summed E-state index contributed by atoms with van der Waals surface area (Å²) in [5.74, 6) is 2.42. The van der Waals surface area contributed by atoms with Crippen LogP contribution >= 0.6 is 11.8 Å². The third kappa shape index (κ3) is 3.95. The summed E-state index contributed by atoms with van der Waals surface area (Å²) >= 11 is 1.77. The number of hydrogen-bond donors (Lipinski definition) is 2. The van der Waals surface area contributed by atoms with Gasteiger partial charge in [-0.2, -0.15) is 11.8 Å². The van der Waals surface area contributed by atoms with Gasteiger partial charge in [0, 0.05) is 29.8 Å². The minimum absolute atomic E-state index is 0.000989. The van der Waals surface area contributed by atoms with Gasteiger partial charge in [-0.1, -0.05) is 0 Å². The van der Waals surface area contributed by atoms with E-state index in [-0.39, 0.29) is 5.69 Å². The van der Waals surface area contributed by atoms with E-state index in [2.05, 4.69) is 20.3 Å². The number of nitrogens with zero attached hydrogens (tertiary/aromatic N) is 3. The molecule has 0 radical (unpaired) electrons. The van der Waals surface area contributed by atoms with E-state index in [0.29, 0.717) is 5.82 Å². The molecule has 2 rings (SSSR count). The Balaban J connectivity index is 1.68. The van der Waals surface area contributed by atoms with Gasteiger partial charge >= 0.3 is 0 Å². The number of imidazole rings is 1. The highest BCUT2D eigenvalue weighted by molar-refractivity contribution is 7.98. The number of thioether (sulfide) groups is 1. The van der Waals surface area contributed by atoms with E-state index in [9.17, 15) is 10.1 Å². The Morgan fingerprint density at radius 2 is 2.30 bits per heavy atom. The topological polar surface area (TPSA) is 96.7 Å². The van der Waals surface area contributed by atoms with Gasteiger partial charge in [-0.25, -0.2) is 9.97 Å². The van der Waals surface area contributed by atoms with Crippen LogP contribution in [0.2, 0.25) is 0 Å². The minimum Gasteiger partial charge on any atom is -0.369 e. The van der Waals surface area contributed by atoms with Crippen molar-refractivity contribution in [2.24, 2.45) is 0 Å². The molecule has 2 aromatic heterocycles. The molecule has 0 saturated heterocycles. The summed E-state index contributed by atoms with van der Waals surface area (Å²) in [7, 11) is 0. The molecule has 0 saturated carbocycles. The van der Waals surface area contributed by atoms with Crippen molar-refractivity contribution >= 4 is 23.3 Å². The van der Waals surface area contributed by atoms with Crippen LogP contribution < -0.4 is 5.32 Å². The predicted molar refractivity (Wildman–Crippen MR) is 78.9 cm³/mol. The zero-order valence-corrected chi connectivity index (χ0v) is 11.8. The molecular weight excluding hydrogens is 278 g/mol. The average molecular weight is 293 g/mol. The van der Waals surface area contributed by atoms with Crippen molar-refractivity contribution in [2.75, 3.05) is 17.6 Å². The maximum Gasteiger partial charge on any atom is 0.287 e. The molecule has 2 heterocycles. The molecule has 0 spiro atoms. The monoisotopic (exact) mass is 293 g/mol. The van der Waals surface area contributed by atoms with Crippen molar-refractivity contribution in [3.8, 4) is 0 Å². The van der Waals surface area contributed by atoms with E-state index in [4.69, 9.17) is 0 Å². The summed E-state index contributed by atoms with van der Waals surface area (Å²) in [6.07, 6.45) is 2.95. The van der Waals surface area contributed by atoms with Crippen LogP contribution in [0.3, 0.4) is 0 Å². The highest BCUT2D eigenvalue weighted by atomic mass is 32.2. The van der Waals surface area contributed by atoms with Crippen molar-refractivity contribution in [3.05, 3.63) is 46.2 Å². The predicted octanol–water partition coefficient (Wildman–Crippen LogP) is 2.37. The van der Waals surface area contributed by atoms with E-state index in [1.165, 1.54) is 12.3 Å². The van der Waals surface area contributed by atoms with Gasteiger partial charge in [0.05, 0.1) is 16.9 Å². The van der Waals surface area contributed by atoms with E-state index in [0.717, 1.165) is 29.4 Å². The zero-order chi connectivity index (χ0) is 14.4. The number of aryl methyl sites for hydroxylation is 1. The number of H-pyrrole nitrogens is 1. The lowest BCUT2D eigenvalue weighted by Crippen LogP contribution is -2.06. The van der Waals surface area contributed by atoms with E-state index in [1.807, 2.05) is 6.92 Å². The Labute approximate surface area is 120 Å². The molecule has 2 aromatic rings. The van der Waals surface area contributed by atoms with E-state index in [1.54, 1.807) is 24.2 Å². The van der Waals surface area contributed by atoms with Crippen LogP contribution in [-0.2, 0) is 5.75 Å². The standard InChI is InChI=1S/C12H15N5O2S/c1-9-11(16-8-15-9)7-20-5-4-13-12-3-2-10(6-14-12)17(18)19/h2-3,6,8H,4-5,7H2,1H3,(H,13,14)(H,15,16). The number of rotatable bonds is 7. The summed E-state index contributed by atoms with van der Waals surface area (Å²) in [5, 5.41) is 13.6. The number of nitrogens with one attached hydrogen (secondary N) is 2. The van der Waals surface area contributed by atoms with Gasteiger partial charge in [0.15, 0.2) is 0 Å². The van der Waals surface area contributed by atoms with Crippen molar-refractivity contribution in [1.82, 2.24) is 15.0 Å². The highest BCUT2D eigenvalue weighted by Gasteiger charge is 2.05. The zero-order valence-electron chi connectivity index (χ0n) is 11.0. The summed E-state index contributed by atoms with van der Waals surface area (Å²) in [6.45, 7) is 2.75. The number of hydrogen-bond acceptors (Lipinski definition) is 6. The Bertz CT molecular complexity index is 569. The Hall–Kier alpha value is -2.09. The van der Waals surface area contributed by atoms with Crippen molar-refractivity contribution in [2.45, 2.75) is 12.7 Å². The van der Waals surface area contributed by atoms with Gasteiger partial charge in [-0.3, -0.25) is 10.1 Å². The second kappa shape index (κ2) is 6.90. The van der Waals surface area contributed by atoms with Crippen molar-refractivity contribution in [3.63, 3.8) is 0 Å². The molecule has 0 amide bonds. The Morgan fingerprint density at radius 1 is 1.45 bits per heavy atom. The highest BCUT2D eigenvalue weighted by Crippen LogP contribution is 2.14. The van der Waals surface area contributed by atoms with Gasteiger partial charge in [-0.05, 0) is 13.0 Å². The lowest BCUT2D eigenvalue weighted by atomic mass is 10.4. The first kappa shape index (κ1) is 14.3. The van der Waals surface area contributed by atoms with Gasteiger partial charge < -0.3 is 10.3 Å². The second-order valence-corrected chi connectivity index (χ2v) is 5.22. The molecule has 7 nitrogen and oxygen atoms in total. The summed E-state index contributed by atoms with van der Waals surface area (Å²) in [6, 6.07) is 3.05. The maximum absolute atomic E-state index is 10.5. The van der Waals surface area contributed by atoms with Gasteiger partial charge in [-0.15, -0.1) is 0 Å². The smallest absolute Gasteiger partial charge is 0.287 e. The van der Waals surface area contributed by atoms with Crippen LogP contribution in [0.5, 0.6) is 0 Å². The first-order valence-electron chi connectivity index (χ1n) is 6.07. The number of aromatic amines is 1. The Morgan fingerprint density at radius 3 is 2.90 bits per heavy atom. The molecule has 0 fully saturated rings. The number of aromatic nitrogens is 3. The van der Waals surface area contributed by atoms with E-state index < -0.39 is 4.92 Å².